The third kappa shape index (κ3) is 4.81. The Morgan fingerprint density at radius 2 is 1.62 bits per heavy atom. The highest BCUT2D eigenvalue weighted by Crippen LogP contribution is 2.58. The summed E-state index contributed by atoms with van der Waals surface area (Å²) in [5, 5.41) is 16.8. The zero-order chi connectivity index (χ0) is 27.7. The average molecular weight is 546 g/mol. The number of hydrogen-bond donors (Lipinski definition) is 3. The third-order valence-electron chi connectivity index (χ3n) is 9.47. The van der Waals surface area contributed by atoms with Crippen molar-refractivity contribution in [1.82, 2.24) is 15.5 Å². The van der Waals surface area contributed by atoms with Crippen molar-refractivity contribution in [3.05, 3.63) is 71.8 Å². The number of carbonyl (C=O) groups is 3. The Morgan fingerprint density at radius 1 is 0.950 bits per heavy atom. The fourth-order valence-electron chi connectivity index (χ4n) is 7.65. The van der Waals surface area contributed by atoms with E-state index in [0.717, 1.165) is 36.8 Å². The highest BCUT2D eigenvalue weighted by Gasteiger charge is 2.75. The van der Waals surface area contributed by atoms with Crippen LogP contribution in [0, 0.1) is 11.8 Å². The summed E-state index contributed by atoms with van der Waals surface area (Å²) >= 11 is 0. The molecular formula is C32H39N3O5. The highest BCUT2D eigenvalue weighted by molar-refractivity contribution is 5.99. The van der Waals surface area contributed by atoms with E-state index in [1.165, 1.54) is 6.42 Å². The van der Waals surface area contributed by atoms with Gasteiger partial charge < -0.3 is 25.4 Å². The van der Waals surface area contributed by atoms with Gasteiger partial charge in [0, 0.05) is 12.6 Å². The monoisotopic (exact) mass is 545 g/mol. The molecule has 6 atom stereocenters. The van der Waals surface area contributed by atoms with E-state index in [2.05, 4.69) is 10.6 Å². The van der Waals surface area contributed by atoms with E-state index in [4.69, 9.17) is 4.74 Å². The Kier molecular flexibility index (Phi) is 7.64. The van der Waals surface area contributed by atoms with Crippen molar-refractivity contribution in [2.75, 3.05) is 6.61 Å². The molecule has 1 aliphatic carbocycles. The minimum atomic E-state index is -1.07. The number of aliphatic hydroxyl groups excluding tert-OH is 1. The number of benzene rings is 2. The molecule has 40 heavy (non-hydrogen) atoms. The zero-order valence-corrected chi connectivity index (χ0v) is 22.8. The van der Waals surface area contributed by atoms with Crippen LogP contribution in [0.3, 0.4) is 0 Å². The predicted octanol–water partition coefficient (Wildman–Crippen LogP) is 2.73. The fraction of sp³-hybridized carbons (Fsp3) is 0.531. The molecule has 3 amide bonds. The summed E-state index contributed by atoms with van der Waals surface area (Å²) < 4.78 is 6.57. The van der Waals surface area contributed by atoms with Crippen molar-refractivity contribution in [2.24, 2.45) is 11.8 Å². The molecule has 8 heteroatoms. The van der Waals surface area contributed by atoms with Gasteiger partial charge in [-0.1, -0.05) is 79.9 Å². The van der Waals surface area contributed by atoms with E-state index >= 15 is 0 Å². The molecule has 0 radical (unpaired) electrons. The molecule has 2 aromatic rings. The number of aliphatic hydroxyl groups is 1. The molecule has 3 heterocycles. The standard InChI is InChI=1S/C32H39N3O5/c36-20-24(18-21-10-4-1-5-11-21)35-28(30(38)34-23-14-8-3-9-15-23)32-17-16-25(40-32)26(27(32)31(35)39)29(37)33-19-22-12-6-2-7-13-22/h1-2,4-7,10-13,23-28,36H,3,8-9,14-20H2,(H,33,37)(H,34,38)/t24-,25-,26+,27+,28?,32?/m1/s1. The number of likely N-dealkylation sites (tertiary alicyclic amines) is 1. The third-order valence-corrected chi connectivity index (χ3v) is 9.47. The van der Waals surface area contributed by atoms with Crippen LogP contribution in [0.25, 0.3) is 0 Å². The number of fused-ring (bicyclic) bond motifs is 1. The molecule has 3 N–H and O–H groups in total. The van der Waals surface area contributed by atoms with Crippen LogP contribution in [-0.2, 0) is 32.1 Å². The van der Waals surface area contributed by atoms with E-state index in [-0.39, 0.29) is 30.4 Å². The summed E-state index contributed by atoms with van der Waals surface area (Å²) in [4.78, 5) is 43.6. The number of hydrogen-bond acceptors (Lipinski definition) is 5. The van der Waals surface area contributed by atoms with Gasteiger partial charge in [0.25, 0.3) is 0 Å². The molecule has 1 saturated carbocycles. The van der Waals surface area contributed by atoms with Gasteiger partial charge in [-0.05, 0) is 43.2 Å². The molecule has 212 valence electrons. The van der Waals surface area contributed by atoms with Crippen LogP contribution >= 0.6 is 0 Å². The van der Waals surface area contributed by atoms with E-state index in [1.807, 2.05) is 60.7 Å². The summed E-state index contributed by atoms with van der Waals surface area (Å²) in [6, 6.07) is 17.9. The first kappa shape index (κ1) is 27.0. The van der Waals surface area contributed by atoms with Crippen molar-refractivity contribution in [3.63, 3.8) is 0 Å². The molecular weight excluding hydrogens is 506 g/mol. The second-order valence-corrected chi connectivity index (χ2v) is 11.9. The largest absolute Gasteiger partial charge is 0.394 e. The molecule has 1 spiro atoms. The maximum absolute atomic E-state index is 14.3. The van der Waals surface area contributed by atoms with Gasteiger partial charge in [0.05, 0.1) is 30.6 Å². The van der Waals surface area contributed by atoms with Crippen LogP contribution in [0.15, 0.2) is 60.7 Å². The van der Waals surface area contributed by atoms with Crippen LogP contribution in [0.1, 0.15) is 56.1 Å². The Morgan fingerprint density at radius 3 is 2.30 bits per heavy atom. The quantitative estimate of drug-likeness (QED) is 0.449. The Hall–Kier alpha value is -3.23. The van der Waals surface area contributed by atoms with E-state index in [9.17, 15) is 19.5 Å². The summed E-state index contributed by atoms with van der Waals surface area (Å²) in [5.74, 6) is -2.13. The first-order chi connectivity index (χ1) is 19.5. The van der Waals surface area contributed by atoms with Gasteiger partial charge in [-0.3, -0.25) is 14.4 Å². The van der Waals surface area contributed by atoms with E-state index in [0.29, 0.717) is 25.8 Å². The van der Waals surface area contributed by atoms with Crippen molar-refractivity contribution in [1.29, 1.82) is 0 Å². The summed E-state index contributed by atoms with van der Waals surface area (Å²) in [7, 11) is 0. The lowest BCUT2D eigenvalue weighted by Crippen LogP contribution is -2.59. The number of rotatable bonds is 9. The SMILES string of the molecule is O=C(NC1CCCCC1)C1N([C@@H](CO)Cc2ccccc2)C(=O)[C@@H]2[C@@H](C(=O)NCc3ccccc3)[C@H]3CCC12O3. The van der Waals surface area contributed by atoms with E-state index < -0.39 is 35.6 Å². The highest BCUT2D eigenvalue weighted by atomic mass is 16.5. The average Bonchev–Trinajstić information content (AvgIpc) is 3.63. The number of ether oxygens (including phenoxy) is 1. The molecule has 3 aliphatic heterocycles. The Balaban J connectivity index is 1.30. The molecule has 2 bridgehead atoms. The predicted molar refractivity (Wildman–Crippen MR) is 149 cm³/mol. The van der Waals surface area contributed by atoms with Crippen molar-refractivity contribution >= 4 is 17.7 Å². The first-order valence-electron chi connectivity index (χ1n) is 14.8. The second-order valence-electron chi connectivity index (χ2n) is 11.9. The van der Waals surface area contributed by atoms with Crippen LogP contribution in [0.5, 0.6) is 0 Å². The first-order valence-corrected chi connectivity index (χ1v) is 14.8. The smallest absolute Gasteiger partial charge is 0.246 e. The Bertz CT molecular complexity index is 1220. The molecule has 4 aliphatic rings. The van der Waals surface area contributed by atoms with Gasteiger partial charge in [-0.2, -0.15) is 0 Å². The lowest BCUT2D eigenvalue weighted by Gasteiger charge is -2.38. The topological polar surface area (TPSA) is 108 Å². The summed E-state index contributed by atoms with van der Waals surface area (Å²) in [5.41, 5.74) is 0.874. The molecule has 8 nitrogen and oxygen atoms in total. The van der Waals surface area contributed by atoms with Gasteiger partial charge in [0.15, 0.2) is 0 Å². The van der Waals surface area contributed by atoms with Gasteiger partial charge in [-0.15, -0.1) is 0 Å². The lowest BCUT2D eigenvalue weighted by atomic mass is 9.70. The van der Waals surface area contributed by atoms with Crippen LogP contribution in [-0.4, -0.2) is 64.2 Å². The molecule has 0 aromatic heterocycles. The van der Waals surface area contributed by atoms with Crippen molar-refractivity contribution < 1.29 is 24.2 Å². The fourth-order valence-corrected chi connectivity index (χ4v) is 7.65. The van der Waals surface area contributed by atoms with E-state index in [1.54, 1.807) is 4.90 Å². The normalized spacial score (nSPS) is 30.2. The zero-order valence-electron chi connectivity index (χ0n) is 22.8. The van der Waals surface area contributed by atoms with Crippen LogP contribution in [0.2, 0.25) is 0 Å². The summed E-state index contributed by atoms with van der Waals surface area (Å²) in [6.07, 6.45) is 6.32. The Labute approximate surface area is 235 Å². The number of nitrogens with one attached hydrogen (secondary N) is 2. The van der Waals surface area contributed by atoms with Crippen LogP contribution < -0.4 is 10.6 Å². The minimum absolute atomic E-state index is 0.0684. The second kappa shape index (κ2) is 11.3. The van der Waals surface area contributed by atoms with Gasteiger partial charge in [-0.25, -0.2) is 0 Å². The molecule has 3 saturated heterocycles. The number of nitrogens with zero attached hydrogens (tertiary/aromatic N) is 1. The molecule has 2 unspecified atom stereocenters. The minimum Gasteiger partial charge on any atom is -0.394 e. The molecule has 2 aromatic carbocycles. The van der Waals surface area contributed by atoms with Crippen LogP contribution in [0.4, 0.5) is 0 Å². The van der Waals surface area contributed by atoms with Crippen molar-refractivity contribution in [2.45, 2.75) is 87.7 Å². The van der Waals surface area contributed by atoms with Gasteiger partial charge >= 0.3 is 0 Å². The van der Waals surface area contributed by atoms with Crippen molar-refractivity contribution in [3.8, 4) is 0 Å². The molecule has 4 fully saturated rings. The maximum Gasteiger partial charge on any atom is 0.246 e. The number of amides is 3. The molecule has 6 rings (SSSR count). The summed E-state index contributed by atoms with van der Waals surface area (Å²) in [6.45, 7) is 0.0737. The maximum atomic E-state index is 14.3. The van der Waals surface area contributed by atoms with Gasteiger partial charge in [0.2, 0.25) is 17.7 Å². The number of carbonyl (C=O) groups excluding carboxylic acids is 3. The van der Waals surface area contributed by atoms with Gasteiger partial charge in [0.1, 0.15) is 11.6 Å². The lowest BCUT2D eigenvalue weighted by molar-refractivity contribution is -0.146.